The van der Waals surface area contributed by atoms with Gasteiger partial charge in [-0.3, -0.25) is 0 Å². The van der Waals surface area contributed by atoms with Crippen molar-refractivity contribution < 1.29 is 8.42 Å². The van der Waals surface area contributed by atoms with Gasteiger partial charge >= 0.3 is 0 Å². The van der Waals surface area contributed by atoms with E-state index in [2.05, 4.69) is 23.9 Å². The molecule has 2 rings (SSSR count). The van der Waals surface area contributed by atoms with Gasteiger partial charge in [-0.05, 0) is 28.5 Å². The second-order valence-electron chi connectivity index (χ2n) is 4.71. The molecule has 2 heterocycles. The van der Waals surface area contributed by atoms with Crippen molar-refractivity contribution in [3.05, 3.63) is 39.4 Å². The predicted octanol–water partition coefficient (Wildman–Crippen LogP) is 2.79. The van der Waals surface area contributed by atoms with Crippen LogP contribution in [0.1, 0.15) is 24.3 Å². The molecule has 20 heavy (non-hydrogen) atoms. The van der Waals surface area contributed by atoms with Gasteiger partial charge in [-0.15, -0.1) is 22.7 Å². The van der Waals surface area contributed by atoms with Gasteiger partial charge in [0.2, 0.25) is 10.0 Å². The summed E-state index contributed by atoms with van der Waals surface area (Å²) >= 11 is 2.80. The van der Waals surface area contributed by atoms with Crippen LogP contribution < -0.4 is 10.0 Å². The normalized spacial score (nSPS) is 12.2. The number of nitrogens with one attached hydrogen (secondary N) is 2. The molecule has 0 aliphatic carbocycles. The summed E-state index contributed by atoms with van der Waals surface area (Å²) in [6.07, 6.45) is 0. The van der Waals surface area contributed by atoms with Crippen molar-refractivity contribution in [1.29, 1.82) is 0 Å². The molecule has 0 aliphatic rings. The van der Waals surface area contributed by atoms with Gasteiger partial charge in [-0.2, -0.15) is 0 Å². The molecule has 2 aromatic rings. The molecular weight excluding hydrogens is 312 g/mol. The Morgan fingerprint density at radius 2 is 2.05 bits per heavy atom. The first-order chi connectivity index (χ1) is 9.47. The molecular formula is C13H18N2O2S3. The summed E-state index contributed by atoms with van der Waals surface area (Å²) in [6.45, 7) is 5.16. The molecule has 2 N–H and O–H groups in total. The maximum atomic E-state index is 12.2. The number of thiophene rings is 2. The first-order valence-electron chi connectivity index (χ1n) is 6.30. The lowest BCUT2D eigenvalue weighted by Crippen LogP contribution is -2.22. The zero-order valence-electron chi connectivity index (χ0n) is 11.4. The molecule has 0 atom stereocenters. The lowest BCUT2D eigenvalue weighted by Gasteiger charge is -2.05. The van der Waals surface area contributed by atoms with E-state index >= 15 is 0 Å². The molecule has 7 heteroatoms. The van der Waals surface area contributed by atoms with Gasteiger partial charge < -0.3 is 5.32 Å². The maximum Gasteiger partial charge on any atom is 0.250 e. The van der Waals surface area contributed by atoms with Crippen LogP contribution >= 0.6 is 22.7 Å². The second kappa shape index (κ2) is 6.82. The Morgan fingerprint density at radius 1 is 1.25 bits per heavy atom. The van der Waals surface area contributed by atoms with E-state index in [1.54, 1.807) is 17.4 Å². The lowest BCUT2D eigenvalue weighted by molar-refractivity contribution is 0.582. The number of hydrogen-bond acceptors (Lipinski definition) is 5. The Morgan fingerprint density at radius 3 is 2.70 bits per heavy atom. The molecule has 0 spiro atoms. The molecule has 0 aliphatic heterocycles. The van der Waals surface area contributed by atoms with Crippen LogP contribution in [0.15, 0.2) is 33.2 Å². The molecule has 0 bridgehead atoms. The minimum atomic E-state index is -3.41. The molecule has 0 amide bonds. The summed E-state index contributed by atoms with van der Waals surface area (Å²) in [5.74, 6) is 0. The van der Waals surface area contributed by atoms with Crippen LogP contribution in [0.5, 0.6) is 0 Å². The van der Waals surface area contributed by atoms with Crippen molar-refractivity contribution in [3.63, 3.8) is 0 Å². The van der Waals surface area contributed by atoms with Crippen molar-refractivity contribution in [2.45, 2.75) is 37.2 Å². The second-order valence-corrected chi connectivity index (χ2v) is 8.65. The zero-order chi connectivity index (χ0) is 14.6. The van der Waals surface area contributed by atoms with Crippen LogP contribution in [0.4, 0.5) is 0 Å². The summed E-state index contributed by atoms with van der Waals surface area (Å²) in [4.78, 5) is 1.01. The Balaban J connectivity index is 1.98. The Bertz CT molecular complexity index is 630. The minimum Gasteiger partial charge on any atom is -0.310 e. The highest BCUT2D eigenvalue weighted by Crippen LogP contribution is 2.20. The monoisotopic (exact) mass is 330 g/mol. The van der Waals surface area contributed by atoms with Gasteiger partial charge in [0.25, 0.3) is 0 Å². The topological polar surface area (TPSA) is 58.2 Å². The molecule has 0 radical (unpaired) electrons. The smallest absolute Gasteiger partial charge is 0.250 e. The van der Waals surface area contributed by atoms with Crippen LogP contribution in [0.3, 0.4) is 0 Å². The highest BCUT2D eigenvalue weighted by Gasteiger charge is 2.16. The van der Waals surface area contributed by atoms with Gasteiger partial charge in [-0.25, -0.2) is 13.1 Å². The van der Waals surface area contributed by atoms with E-state index in [1.165, 1.54) is 11.3 Å². The SMILES string of the molecule is CC(C)NCc1csc(S(=O)(=O)NCc2cccs2)c1. The quantitative estimate of drug-likeness (QED) is 0.821. The van der Waals surface area contributed by atoms with E-state index in [9.17, 15) is 8.42 Å². The summed E-state index contributed by atoms with van der Waals surface area (Å²) in [6, 6.07) is 5.94. The van der Waals surface area contributed by atoms with Crippen molar-refractivity contribution >= 4 is 32.7 Å². The molecule has 0 fully saturated rings. The van der Waals surface area contributed by atoms with E-state index in [4.69, 9.17) is 0 Å². The summed E-state index contributed by atoms with van der Waals surface area (Å²) in [5, 5.41) is 7.09. The lowest BCUT2D eigenvalue weighted by atomic mass is 10.3. The number of rotatable bonds is 7. The molecule has 0 saturated heterocycles. The molecule has 4 nitrogen and oxygen atoms in total. The summed E-state index contributed by atoms with van der Waals surface area (Å²) < 4.78 is 27.3. The molecule has 0 unspecified atom stereocenters. The van der Waals surface area contributed by atoms with Crippen LogP contribution in [0.25, 0.3) is 0 Å². The first-order valence-corrected chi connectivity index (χ1v) is 9.54. The van der Waals surface area contributed by atoms with Crippen LogP contribution in [0.2, 0.25) is 0 Å². The average molecular weight is 330 g/mol. The standard InChI is InChI=1S/C13H18N2O2S3/c1-10(2)14-7-11-6-13(19-9-11)20(16,17)15-8-12-4-3-5-18-12/h3-6,9-10,14-15H,7-8H2,1-2H3. The van der Waals surface area contributed by atoms with E-state index in [1.807, 2.05) is 22.9 Å². The minimum absolute atomic E-state index is 0.345. The van der Waals surface area contributed by atoms with Crippen LogP contribution in [-0.2, 0) is 23.1 Å². The fourth-order valence-electron chi connectivity index (χ4n) is 1.56. The largest absolute Gasteiger partial charge is 0.310 e. The third-order valence-electron chi connectivity index (χ3n) is 2.63. The van der Waals surface area contributed by atoms with Crippen molar-refractivity contribution in [3.8, 4) is 0 Å². The number of sulfonamides is 1. The fraction of sp³-hybridized carbons (Fsp3) is 0.385. The number of hydrogen-bond donors (Lipinski definition) is 2. The average Bonchev–Trinajstić information content (AvgIpc) is 3.05. The van der Waals surface area contributed by atoms with E-state index in [-0.39, 0.29) is 0 Å². The van der Waals surface area contributed by atoms with Crippen molar-refractivity contribution in [1.82, 2.24) is 10.0 Å². The Labute approximate surface area is 127 Å². The van der Waals surface area contributed by atoms with Gasteiger partial charge in [0, 0.05) is 24.0 Å². The zero-order valence-corrected chi connectivity index (χ0v) is 13.9. The van der Waals surface area contributed by atoms with Gasteiger partial charge in [0.1, 0.15) is 4.21 Å². The molecule has 0 saturated carbocycles. The predicted molar refractivity (Wildman–Crippen MR) is 84.6 cm³/mol. The van der Waals surface area contributed by atoms with Crippen LogP contribution in [0, 0.1) is 0 Å². The third-order valence-corrected chi connectivity index (χ3v) is 6.39. The van der Waals surface area contributed by atoms with E-state index in [0.717, 1.165) is 10.4 Å². The fourth-order valence-corrected chi connectivity index (χ4v) is 4.56. The molecule has 0 aromatic carbocycles. The highest BCUT2D eigenvalue weighted by molar-refractivity contribution is 7.91. The van der Waals surface area contributed by atoms with Crippen molar-refractivity contribution in [2.75, 3.05) is 0 Å². The van der Waals surface area contributed by atoms with Crippen LogP contribution in [-0.4, -0.2) is 14.5 Å². The molecule has 110 valence electrons. The van der Waals surface area contributed by atoms with Gasteiger partial charge in [-0.1, -0.05) is 19.9 Å². The Hall–Kier alpha value is -0.730. The first kappa shape index (κ1) is 15.7. The highest BCUT2D eigenvalue weighted by atomic mass is 32.2. The Kier molecular flexibility index (Phi) is 5.34. The summed E-state index contributed by atoms with van der Waals surface area (Å²) in [5.41, 5.74) is 1.00. The van der Waals surface area contributed by atoms with Gasteiger partial charge in [0.15, 0.2) is 0 Å². The van der Waals surface area contributed by atoms with E-state index in [0.29, 0.717) is 23.3 Å². The molecule has 2 aromatic heterocycles. The third kappa shape index (κ3) is 4.39. The summed E-state index contributed by atoms with van der Waals surface area (Å²) in [7, 11) is -3.41. The van der Waals surface area contributed by atoms with Gasteiger partial charge in [0.05, 0.1) is 0 Å². The maximum absolute atomic E-state index is 12.2. The van der Waals surface area contributed by atoms with E-state index < -0.39 is 10.0 Å². The van der Waals surface area contributed by atoms with Crippen molar-refractivity contribution in [2.24, 2.45) is 0 Å².